The average molecular weight is 263 g/mol. The van der Waals surface area contributed by atoms with Crippen molar-refractivity contribution in [2.75, 3.05) is 13.7 Å². The van der Waals surface area contributed by atoms with Crippen LogP contribution >= 0.6 is 0 Å². The molecule has 0 spiro atoms. The van der Waals surface area contributed by atoms with Crippen LogP contribution < -0.4 is 10.1 Å². The van der Waals surface area contributed by atoms with Gasteiger partial charge in [0.1, 0.15) is 11.6 Å². The van der Waals surface area contributed by atoms with E-state index >= 15 is 0 Å². The number of fused-ring (bicyclic) bond motifs is 2. The summed E-state index contributed by atoms with van der Waals surface area (Å²) in [6, 6.07) is 4.99. The Morgan fingerprint density at radius 3 is 2.84 bits per heavy atom. The van der Waals surface area contributed by atoms with Crippen molar-refractivity contribution in [2.45, 2.75) is 32.2 Å². The van der Waals surface area contributed by atoms with Crippen LogP contribution in [0.25, 0.3) is 0 Å². The summed E-state index contributed by atoms with van der Waals surface area (Å²) in [6.07, 6.45) is 5.48. The second-order valence-electron chi connectivity index (χ2n) is 6.07. The Hall–Kier alpha value is -1.09. The fourth-order valence-electron chi connectivity index (χ4n) is 3.79. The smallest absolute Gasteiger partial charge is 0.127 e. The van der Waals surface area contributed by atoms with Gasteiger partial charge < -0.3 is 10.1 Å². The third kappa shape index (κ3) is 2.92. The van der Waals surface area contributed by atoms with Crippen molar-refractivity contribution in [3.63, 3.8) is 0 Å². The van der Waals surface area contributed by atoms with Gasteiger partial charge in [-0.05, 0) is 61.8 Å². The van der Waals surface area contributed by atoms with Gasteiger partial charge in [-0.3, -0.25) is 0 Å². The second-order valence-corrected chi connectivity index (χ2v) is 6.07. The first-order valence-corrected chi connectivity index (χ1v) is 7.31. The van der Waals surface area contributed by atoms with Gasteiger partial charge in [0.05, 0.1) is 6.61 Å². The van der Waals surface area contributed by atoms with Crippen LogP contribution in [0.1, 0.15) is 31.2 Å². The molecule has 1 aromatic carbocycles. The van der Waals surface area contributed by atoms with Crippen molar-refractivity contribution < 1.29 is 9.13 Å². The molecule has 2 aliphatic carbocycles. The van der Waals surface area contributed by atoms with E-state index in [1.54, 1.807) is 6.07 Å². The molecule has 1 aromatic rings. The van der Waals surface area contributed by atoms with Crippen LogP contribution in [0, 0.1) is 23.6 Å². The highest BCUT2D eigenvalue weighted by Gasteiger charge is 2.39. The largest absolute Gasteiger partial charge is 0.493 e. The third-order valence-electron chi connectivity index (χ3n) is 4.66. The molecular weight excluding hydrogens is 241 g/mol. The standard InChI is InChI=1S/C16H22FNO/c1-18-9-12-6-15(17)8-16(7-12)19-10-14-5-11-2-3-13(14)4-11/h6-8,11,13-14,18H,2-5,9-10H2,1H3. The molecule has 2 fully saturated rings. The van der Waals surface area contributed by atoms with Crippen LogP contribution in [0.2, 0.25) is 0 Å². The van der Waals surface area contributed by atoms with Gasteiger partial charge in [0, 0.05) is 12.6 Å². The predicted octanol–water partition coefficient (Wildman–Crippen LogP) is 3.36. The zero-order valence-corrected chi connectivity index (χ0v) is 11.5. The molecule has 0 aromatic heterocycles. The Bertz CT molecular complexity index is 448. The first kappa shape index (κ1) is 12.9. The van der Waals surface area contributed by atoms with Gasteiger partial charge in [0.15, 0.2) is 0 Å². The Kier molecular flexibility index (Phi) is 3.74. The normalized spacial score (nSPS) is 28.8. The minimum atomic E-state index is -0.212. The highest BCUT2D eigenvalue weighted by Crippen LogP contribution is 2.48. The first-order chi connectivity index (χ1) is 9.24. The van der Waals surface area contributed by atoms with Crippen molar-refractivity contribution in [3.8, 4) is 5.75 Å². The van der Waals surface area contributed by atoms with Crippen LogP contribution in [0.4, 0.5) is 4.39 Å². The lowest BCUT2D eigenvalue weighted by molar-refractivity contribution is 0.194. The molecule has 3 rings (SSSR count). The Balaban J connectivity index is 1.60. The molecule has 0 amide bonds. The van der Waals surface area contributed by atoms with E-state index in [2.05, 4.69) is 5.32 Å². The molecule has 19 heavy (non-hydrogen) atoms. The Morgan fingerprint density at radius 1 is 1.26 bits per heavy atom. The summed E-state index contributed by atoms with van der Waals surface area (Å²) in [7, 11) is 1.86. The number of hydrogen-bond donors (Lipinski definition) is 1. The van der Waals surface area contributed by atoms with E-state index in [0.717, 1.165) is 24.0 Å². The number of rotatable bonds is 5. The molecule has 0 aliphatic heterocycles. The van der Waals surface area contributed by atoms with Crippen molar-refractivity contribution in [3.05, 3.63) is 29.6 Å². The Labute approximate surface area is 114 Å². The molecule has 0 saturated heterocycles. The summed E-state index contributed by atoms with van der Waals surface area (Å²) in [5.41, 5.74) is 0.936. The number of hydrogen-bond acceptors (Lipinski definition) is 2. The topological polar surface area (TPSA) is 21.3 Å². The zero-order valence-electron chi connectivity index (χ0n) is 11.5. The number of nitrogens with one attached hydrogen (secondary N) is 1. The maximum absolute atomic E-state index is 13.5. The molecule has 0 radical (unpaired) electrons. The summed E-state index contributed by atoms with van der Waals surface area (Å²) in [5, 5.41) is 3.04. The number of halogens is 1. The summed E-state index contributed by atoms with van der Waals surface area (Å²) < 4.78 is 19.3. The van der Waals surface area contributed by atoms with Gasteiger partial charge in [-0.2, -0.15) is 0 Å². The summed E-state index contributed by atoms with van der Waals surface area (Å²) in [6.45, 7) is 1.42. The predicted molar refractivity (Wildman–Crippen MR) is 73.6 cm³/mol. The van der Waals surface area contributed by atoms with E-state index in [9.17, 15) is 4.39 Å². The molecule has 3 heteroatoms. The lowest BCUT2D eigenvalue weighted by Crippen LogP contribution is -2.18. The summed E-state index contributed by atoms with van der Waals surface area (Å²) in [5.74, 6) is 2.94. The second kappa shape index (κ2) is 5.49. The SMILES string of the molecule is CNCc1cc(F)cc(OCC2CC3CCC2C3)c1. The fraction of sp³-hybridized carbons (Fsp3) is 0.625. The number of benzene rings is 1. The summed E-state index contributed by atoms with van der Waals surface area (Å²) >= 11 is 0. The summed E-state index contributed by atoms with van der Waals surface area (Å²) in [4.78, 5) is 0. The maximum atomic E-state index is 13.5. The zero-order chi connectivity index (χ0) is 13.2. The highest BCUT2D eigenvalue weighted by molar-refractivity contribution is 5.29. The molecular formula is C16H22FNO. The van der Waals surface area contributed by atoms with Crippen LogP contribution in [0.5, 0.6) is 5.75 Å². The molecule has 2 aliphatic rings. The van der Waals surface area contributed by atoms with Gasteiger partial charge in [0.25, 0.3) is 0 Å². The lowest BCUT2D eigenvalue weighted by atomic mass is 9.89. The van der Waals surface area contributed by atoms with Crippen molar-refractivity contribution in [1.82, 2.24) is 5.32 Å². The van der Waals surface area contributed by atoms with Crippen molar-refractivity contribution >= 4 is 0 Å². The minimum Gasteiger partial charge on any atom is -0.493 e. The van der Waals surface area contributed by atoms with E-state index in [1.165, 1.54) is 31.7 Å². The molecule has 1 N–H and O–H groups in total. The molecule has 0 heterocycles. The number of ether oxygens (including phenoxy) is 1. The van der Waals surface area contributed by atoms with Gasteiger partial charge in [-0.15, -0.1) is 0 Å². The fourth-order valence-corrected chi connectivity index (χ4v) is 3.79. The van der Waals surface area contributed by atoms with E-state index < -0.39 is 0 Å². The van der Waals surface area contributed by atoms with Gasteiger partial charge >= 0.3 is 0 Å². The molecule has 2 nitrogen and oxygen atoms in total. The lowest BCUT2D eigenvalue weighted by Gasteiger charge is -2.21. The first-order valence-electron chi connectivity index (χ1n) is 7.31. The Morgan fingerprint density at radius 2 is 2.16 bits per heavy atom. The molecule has 104 valence electrons. The third-order valence-corrected chi connectivity index (χ3v) is 4.66. The molecule has 2 bridgehead atoms. The minimum absolute atomic E-state index is 0.212. The molecule has 3 atom stereocenters. The van der Waals surface area contributed by atoms with Gasteiger partial charge in [0.2, 0.25) is 0 Å². The molecule has 2 saturated carbocycles. The van der Waals surface area contributed by atoms with Crippen LogP contribution in [0.15, 0.2) is 18.2 Å². The average Bonchev–Trinajstić information content (AvgIpc) is 2.98. The monoisotopic (exact) mass is 263 g/mol. The molecule has 3 unspecified atom stereocenters. The van der Waals surface area contributed by atoms with Gasteiger partial charge in [-0.1, -0.05) is 6.42 Å². The van der Waals surface area contributed by atoms with E-state index in [1.807, 2.05) is 13.1 Å². The van der Waals surface area contributed by atoms with E-state index in [4.69, 9.17) is 4.74 Å². The maximum Gasteiger partial charge on any atom is 0.127 e. The van der Waals surface area contributed by atoms with Crippen molar-refractivity contribution in [1.29, 1.82) is 0 Å². The van der Waals surface area contributed by atoms with Gasteiger partial charge in [-0.25, -0.2) is 4.39 Å². The van der Waals surface area contributed by atoms with Crippen LogP contribution in [-0.2, 0) is 6.54 Å². The van der Waals surface area contributed by atoms with Crippen molar-refractivity contribution in [2.24, 2.45) is 17.8 Å². The van der Waals surface area contributed by atoms with Crippen LogP contribution in [-0.4, -0.2) is 13.7 Å². The van der Waals surface area contributed by atoms with E-state index in [-0.39, 0.29) is 5.82 Å². The quantitative estimate of drug-likeness (QED) is 0.879. The highest BCUT2D eigenvalue weighted by atomic mass is 19.1. The van der Waals surface area contributed by atoms with E-state index in [0.29, 0.717) is 18.2 Å². The van der Waals surface area contributed by atoms with Crippen LogP contribution in [0.3, 0.4) is 0 Å².